The van der Waals surface area contributed by atoms with Gasteiger partial charge in [0.1, 0.15) is 18.4 Å². The minimum Gasteiger partial charge on any atom is -0.357 e. The number of benzene rings is 2. The van der Waals surface area contributed by atoms with Gasteiger partial charge in [0.05, 0.1) is 5.69 Å². The highest BCUT2D eigenvalue weighted by Gasteiger charge is 2.34. The topological polar surface area (TPSA) is 90.0 Å². The molecule has 2 aromatic carbocycles. The van der Waals surface area contributed by atoms with E-state index < -0.39 is 34.5 Å². The summed E-state index contributed by atoms with van der Waals surface area (Å²) in [6.07, 6.45) is 0.317. The van der Waals surface area contributed by atoms with E-state index in [-0.39, 0.29) is 18.1 Å². The Morgan fingerprint density at radius 2 is 1.76 bits per heavy atom. The maximum atomic E-state index is 14.6. The van der Waals surface area contributed by atoms with Crippen molar-refractivity contribution in [2.75, 3.05) is 32.0 Å². The number of amides is 2. The first-order chi connectivity index (χ1) is 15.5. The number of halogens is 1. The van der Waals surface area contributed by atoms with Crippen molar-refractivity contribution < 1.29 is 22.4 Å². The maximum Gasteiger partial charge on any atom is 0.304 e. The second kappa shape index (κ2) is 11.2. The monoisotopic (exact) mass is 478 g/mol. The van der Waals surface area contributed by atoms with Crippen LogP contribution in [-0.2, 0) is 26.3 Å². The van der Waals surface area contributed by atoms with E-state index in [1.807, 2.05) is 31.2 Å². The lowest BCUT2D eigenvalue weighted by atomic mass is 10.1. The molecular weight excluding hydrogens is 447 g/mol. The van der Waals surface area contributed by atoms with Crippen LogP contribution in [0.1, 0.15) is 24.5 Å². The van der Waals surface area contributed by atoms with Crippen LogP contribution in [0.5, 0.6) is 0 Å². The van der Waals surface area contributed by atoms with E-state index >= 15 is 0 Å². The first kappa shape index (κ1) is 26.3. The Balaban J connectivity index is 2.51. The zero-order valence-electron chi connectivity index (χ0n) is 19.6. The van der Waals surface area contributed by atoms with Crippen LogP contribution >= 0.6 is 0 Å². The van der Waals surface area contributed by atoms with Gasteiger partial charge in [-0.2, -0.15) is 12.7 Å². The molecule has 0 aliphatic carbocycles. The van der Waals surface area contributed by atoms with Crippen LogP contribution in [-0.4, -0.2) is 63.2 Å². The number of carbonyl (C=O) groups excluding carboxylic acids is 2. The highest BCUT2D eigenvalue weighted by atomic mass is 32.2. The molecule has 0 aliphatic heterocycles. The summed E-state index contributed by atoms with van der Waals surface area (Å²) in [7, 11) is -0.121. The van der Waals surface area contributed by atoms with E-state index in [1.165, 1.54) is 44.2 Å². The smallest absolute Gasteiger partial charge is 0.304 e. The van der Waals surface area contributed by atoms with Gasteiger partial charge in [0.2, 0.25) is 11.8 Å². The average Bonchev–Trinajstić information content (AvgIpc) is 2.77. The molecule has 2 amide bonds. The molecular formula is C23H31FN4O4S. The zero-order valence-corrected chi connectivity index (χ0v) is 20.4. The number of carbonyl (C=O) groups is 2. The van der Waals surface area contributed by atoms with Crippen LogP contribution in [0.3, 0.4) is 0 Å². The van der Waals surface area contributed by atoms with Gasteiger partial charge in [0.15, 0.2) is 0 Å². The molecule has 0 spiro atoms. The Kier molecular flexibility index (Phi) is 8.95. The van der Waals surface area contributed by atoms with Crippen molar-refractivity contribution in [2.24, 2.45) is 0 Å². The van der Waals surface area contributed by atoms with E-state index in [4.69, 9.17) is 0 Å². The Hall–Kier alpha value is -2.98. The van der Waals surface area contributed by atoms with E-state index in [0.717, 1.165) is 25.8 Å². The highest BCUT2D eigenvalue weighted by Crippen LogP contribution is 2.24. The molecule has 1 N–H and O–H groups in total. The van der Waals surface area contributed by atoms with Crippen LogP contribution in [0.25, 0.3) is 0 Å². The van der Waals surface area contributed by atoms with Crippen molar-refractivity contribution in [2.45, 2.75) is 32.9 Å². The molecule has 2 aromatic rings. The largest absolute Gasteiger partial charge is 0.357 e. The van der Waals surface area contributed by atoms with Gasteiger partial charge in [0.25, 0.3) is 0 Å². The number of anilines is 1. The molecule has 0 bridgehead atoms. The third-order valence-corrected chi connectivity index (χ3v) is 7.01. The number of aryl methyl sites for hydroxylation is 1. The lowest BCUT2D eigenvalue weighted by Crippen LogP contribution is -2.53. The molecule has 0 aromatic heterocycles. The number of hydrogen-bond donors (Lipinski definition) is 1. The number of hydrogen-bond acceptors (Lipinski definition) is 4. The van der Waals surface area contributed by atoms with Gasteiger partial charge in [-0.1, -0.05) is 48.9 Å². The minimum atomic E-state index is -4.20. The van der Waals surface area contributed by atoms with Crippen molar-refractivity contribution in [3.63, 3.8) is 0 Å². The van der Waals surface area contributed by atoms with Crippen molar-refractivity contribution in [1.82, 2.24) is 14.5 Å². The molecule has 1 atom stereocenters. The SMILES string of the molecule is CC[C@H](C(=O)NC)N(Cc1cccc(C)c1)C(=O)CN(c1ccccc1F)S(=O)(=O)N(C)C. The van der Waals surface area contributed by atoms with Crippen molar-refractivity contribution in [3.05, 3.63) is 65.5 Å². The average molecular weight is 479 g/mol. The predicted octanol–water partition coefficient (Wildman–Crippen LogP) is 2.30. The van der Waals surface area contributed by atoms with E-state index in [9.17, 15) is 22.4 Å². The first-order valence-corrected chi connectivity index (χ1v) is 11.9. The van der Waals surface area contributed by atoms with E-state index in [1.54, 1.807) is 6.92 Å². The van der Waals surface area contributed by atoms with Crippen LogP contribution in [0.2, 0.25) is 0 Å². The summed E-state index contributed by atoms with van der Waals surface area (Å²) in [4.78, 5) is 27.4. The molecule has 0 unspecified atom stereocenters. The van der Waals surface area contributed by atoms with Gasteiger partial charge in [-0.05, 0) is 31.0 Å². The fourth-order valence-corrected chi connectivity index (χ4v) is 4.51. The number of nitrogens with zero attached hydrogens (tertiary/aromatic N) is 3. The van der Waals surface area contributed by atoms with Crippen molar-refractivity contribution in [1.29, 1.82) is 0 Å². The standard InChI is InChI=1S/C23H31FN4O4S/c1-6-20(23(30)25-3)27(15-18-11-9-10-17(2)14-18)22(29)16-28(33(31,32)26(4)5)21-13-8-7-12-19(21)24/h7-14,20H,6,15-16H2,1-5H3,(H,25,30)/t20-/m1/s1. The number of likely N-dealkylation sites (N-methyl/N-ethyl adjacent to an activating group) is 1. The molecule has 180 valence electrons. The summed E-state index contributed by atoms with van der Waals surface area (Å²) in [5.41, 5.74) is 1.53. The molecule has 2 rings (SSSR count). The summed E-state index contributed by atoms with van der Waals surface area (Å²) >= 11 is 0. The van der Waals surface area contributed by atoms with Gasteiger partial charge in [-0.15, -0.1) is 0 Å². The molecule has 10 heteroatoms. The third-order valence-electron chi connectivity index (χ3n) is 5.21. The Bertz CT molecular complexity index is 1090. The number of para-hydroxylation sites is 1. The Morgan fingerprint density at radius 1 is 1.09 bits per heavy atom. The van der Waals surface area contributed by atoms with Crippen molar-refractivity contribution >= 4 is 27.7 Å². The minimum absolute atomic E-state index is 0.0968. The summed E-state index contributed by atoms with van der Waals surface area (Å²) in [5.74, 6) is -1.77. The summed E-state index contributed by atoms with van der Waals surface area (Å²) in [6.45, 7) is 3.11. The van der Waals surface area contributed by atoms with Crippen LogP contribution in [0.4, 0.5) is 10.1 Å². The molecule has 0 aliphatic rings. The predicted molar refractivity (Wildman–Crippen MR) is 126 cm³/mol. The summed E-state index contributed by atoms with van der Waals surface area (Å²) in [5, 5.41) is 2.56. The van der Waals surface area contributed by atoms with Crippen molar-refractivity contribution in [3.8, 4) is 0 Å². The fraction of sp³-hybridized carbons (Fsp3) is 0.391. The van der Waals surface area contributed by atoms with Gasteiger partial charge >= 0.3 is 10.2 Å². The maximum absolute atomic E-state index is 14.6. The van der Waals surface area contributed by atoms with Crippen LogP contribution < -0.4 is 9.62 Å². The number of rotatable bonds is 10. The lowest BCUT2D eigenvalue weighted by molar-refractivity contribution is -0.140. The molecule has 0 radical (unpaired) electrons. The third kappa shape index (κ3) is 6.29. The van der Waals surface area contributed by atoms with Crippen LogP contribution in [0, 0.1) is 12.7 Å². The van der Waals surface area contributed by atoms with Gasteiger partial charge in [-0.25, -0.2) is 8.70 Å². The summed E-state index contributed by atoms with van der Waals surface area (Å²) < 4.78 is 42.2. The molecule has 0 saturated carbocycles. The number of nitrogens with one attached hydrogen (secondary N) is 1. The van der Waals surface area contributed by atoms with Gasteiger partial charge in [-0.3, -0.25) is 9.59 Å². The summed E-state index contributed by atoms with van der Waals surface area (Å²) in [6, 6.07) is 12.0. The quantitative estimate of drug-likeness (QED) is 0.568. The Morgan fingerprint density at radius 3 is 2.30 bits per heavy atom. The molecule has 0 fully saturated rings. The lowest BCUT2D eigenvalue weighted by Gasteiger charge is -2.33. The molecule has 8 nitrogen and oxygen atoms in total. The van der Waals surface area contributed by atoms with Crippen LogP contribution in [0.15, 0.2) is 48.5 Å². The second-order valence-electron chi connectivity index (χ2n) is 7.80. The zero-order chi connectivity index (χ0) is 24.8. The molecule has 0 saturated heterocycles. The van der Waals surface area contributed by atoms with Gasteiger partial charge < -0.3 is 10.2 Å². The van der Waals surface area contributed by atoms with E-state index in [0.29, 0.717) is 6.42 Å². The second-order valence-corrected chi connectivity index (χ2v) is 9.86. The normalized spacial score (nSPS) is 12.3. The molecule has 33 heavy (non-hydrogen) atoms. The fourth-order valence-electron chi connectivity index (χ4n) is 3.45. The molecule has 0 heterocycles. The van der Waals surface area contributed by atoms with E-state index in [2.05, 4.69) is 5.32 Å². The Labute approximate surface area is 195 Å². The first-order valence-electron chi connectivity index (χ1n) is 10.5. The van der Waals surface area contributed by atoms with Gasteiger partial charge in [0, 0.05) is 27.7 Å². The highest BCUT2D eigenvalue weighted by molar-refractivity contribution is 7.90.